The molecular weight excluding hydrogens is 378 g/mol. The van der Waals surface area contributed by atoms with Crippen LogP contribution in [0.15, 0.2) is 47.7 Å². The molecule has 7 heteroatoms. The molecule has 1 aliphatic heterocycles. The Morgan fingerprint density at radius 1 is 1.13 bits per heavy atom. The maximum absolute atomic E-state index is 13.0. The van der Waals surface area contributed by atoms with Crippen molar-refractivity contribution in [1.82, 2.24) is 19.5 Å². The highest BCUT2D eigenvalue weighted by atomic mass is 16.5. The number of aromatic nitrogens is 4. The molecule has 3 aromatic heterocycles. The normalized spacial score (nSPS) is 14.5. The first-order chi connectivity index (χ1) is 14.7. The lowest BCUT2D eigenvalue weighted by molar-refractivity contribution is 0.415. The summed E-state index contributed by atoms with van der Waals surface area (Å²) in [6, 6.07) is 7.90. The zero-order chi connectivity index (χ0) is 20.5. The summed E-state index contributed by atoms with van der Waals surface area (Å²) in [6.45, 7) is 2.56. The van der Waals surface area contributed by atoms with Crippen molar-refractivity contribution >= 4 is 27.8 Å². The molecule has 4 aromatic rings. The second-order valence-electron chi connectivity index (χ2n) is 7.81. The molecule has 4 heterocycles. The lowest BCUT2D eigenvalue weighted by atomic mass is 10.1. The van der Waals surface area contributed by atoms with Gasteiger partial charge in [-0.1, -0.05) is 0 Å². The number of nitrogens with one attached hydrogen (secondary N) is 1. The number of hydrogen-bond acceptors (Lipinski definition) is 5. The second-order valence-corrected chi connectivity index (χ2v) is 7.81. The Labute approximate surface area is 174 Å². The van der Waals surface area contributed by atoms with Gasteiger partial charge in [-0.2, -0.15) is 0 Å². The third-order valence-electron chi connectivity index (χ3n) is 5.94. The van der Waals surface area contributed by atoms with Gasteiger partial charge >= 0.3 is 0 Å². The van der Waals surface area contributed by atoms with Gasteiger partial charge in [-0.05, 0) is 55.5 Å². The van der Waals surface area contributed by atoms with E-state index in [4.69, 9.17) is 4.74 Å². The number of aryl methyl sites for hydroxylation is 2. The highest BCUT2D eigenvalue weighted by Gasteiger charge is 2.15. The number of H-pyrrole nitrogens is 1. The van der Waals surface area contributed by atoms with Crippen LogP contribution in [0.3, 0.4) is 0 Å². The smallest absolute Gasteiger partial charge is 0.261 e. The second kappa shape index (κ2) is 7.82. The first kappa shape index (κ1) is 18.7. The summed E-state index contributed by atoms with van der Waals surface area (Å²) in [4.78, 5) is 27.6. The van der Waals surface area contributed by atoms with Crippen molar-refractivity contribution in [2.24, 2.45) is 0 Å². The van der Waals surface area contributed by atoms with Gasteiger partial charge in [-0.15, -0.1) is 0 Å². The number of fused-ring (bicyclic) bond motifs is 2. The van der Waals surface area contributed by atoms with Crippen molar-refractivity contribution in [1.29, 1.82) is 0 Å². The van der Waals surface area contributed by atoms with Gasteiger partial charge in [0.1, 0.15) is 5.75 Å². The summed E-state index contributed by atoms with van der Waals surface area (Å²) in [5, 5.41) is 1.69. The fourth-order valence-electron chi connectivity index (χ4n) is 4.21. The number of benzene rings is 1. The number of hydrogen-bond donors (Lipinski definition) is 1. The molecule has 0 bridgehead atoms. The van der Waals surface area contributed by atoms with E-state index in [-0.39, 0.29) is 5.56 Å². The van der Waals surface area contributed by atoms with E-state index in [0.29, 0.717) is 17.4 Å². The van der Waals surface area contributed by atoms with E-state index in [9.17, 15) is 4.79 Å². The van der Waals surface area contributed by atoms with Gasteiger partial charge in [0.15, 0.2) is 0 Å². The number of nitrogens with zero attached hydrogens (tertiary/aromatic N) is 4. The van der Waals surface area contributed by atoms with E-state index in [0.717, 1.165) is 47.7 Å². The molecule has 0 unspecified atom stereocenters. The molecule has 154 valence electrons. The highest BCUT2D eigenvalue weighted by molar-refractivity contribution is 5.84. The zero-order valence-corrected chi connectivity index (χ0v) is 17.1. The molecule has 30 heavy (non-hydrogen) atoms. The van der Waals surface area contributed by atoms with Crippen LogP contribution in [-0.4, -0.2) is 39.7 Å². The van der Waals surface area contributed by atoms with E-state index < -0.39 is 0 Å². The molecule has 0 amide bonds. The summed E-state index contributed by atoms with van der Waals surface area (Å²) >= 11 is 0. The molecule has 5 rings (SSSR count). The third-order valence-corrected chi connectivity index (χ3v) is 5.94. The Morgan fingerprint density at radius 3 is 2.83 bits per heavy atom. The molecule has 0 aliphatic carbocycles. The fourth-order valence-corrected chi connectivity index (χ4v) is 4.21. The van der Waals surface area contributed by atoms with Gasteiger partial charge < -0.3 is 19.2 Å². The van der Waals surface area contributed by atoms with Crippen LogP contribution < -0.4 is 15.2 Å². The standard InChI is InChI=1S/C23H25N5O2/c1-30-17-5-6-20-18(13-17)16(14-24-20)7-11-27-12-8-21-19(22(27)29)15-25-23(26-21)28-9-3-2-4-10-28/h5-6,8,12-15,24H,2-4,7,9-11H2,1H3. The largest absolute Gasteiger partial charge is 0.497 e. The molecule has 1 aromatic carbocycles. The maximum atomic E-state index is 13.0. The van der Waals surface area contributed by atoms with Gasteiger partial charge in [0.2, 0.25) is 5.95 Å². The number of rotatable bonds is 5. The zero-order valence-electron chi connectivity index (χ0n) is 17.1. The molecule has 1 aliphatic rings. The molecule has 1 saturated heterocycles. The number of methoxy groups -OCH3 is 1. The molecule has 0 saturated carbocycles. The van der Waals surface area contributed by atoms with E-state index in [1.165, 1.54) is 19.3 Å². The van der Waals surface area contributed by atoms with E-state index in [1.54, 1.807) is 17.9 Å². The summed E-state index contributed by atoms with van der Waals surface area (Å²) in [7, 11) is 1.67. The molecule has 0 spiro atoms. The van der Waals surface area contributed by atoms with E-state index in [1.807, 2.05) is 36.7 Å². The Balaban J connectivity index is 1.40. The lowest BCUT2D eigenvalue weighted by Crippen LogP contribution is -2.31. The monoisotopic (exact) mass is 403 g/mol. The summed E-state index contributed by atoms with van der Waals surface area (Å²) in [5.74, 6) is 1.56. The highest BCUT2D eigenvalue weighted by Crippen LogP contribution is 2.24. The van der Waals surface area contributed by atoms with Gasteiger partial charge in [0, 0.05) is 49.1 Å². The number of aromatic amines is 1. The predicted molar refractivity (Wildman–Crippen MR) is 118 cm³/mol. The third kappa shape index (κ3) is 3.40. The molecular formula is C23H25N5O2. The first-order valence-corrected chi connectivity index (χ1v) is 10.5. The minimum absolute atomic E-state index is 0.0462. The van der Waals surface area contributed by atoms with Crippen molar-refractivity contribution in [2.75, 3.05) is 25.1 Å². The van der Waals surface area contributed by atoms with Crippen LogP contribution in [0.1, 0.15) is 24.8 Å². The molecule has 7 nitrogen and oxygen atoms in total. The molecule has 1 fully saturated rings. The van der Waals surface area contributed by atoms with Crippen molar-refractivity contribution in [3.8, 4) is 5.75 Å². The Morgan fingerprint density at radius 2 is 2.00 bits per heavy atom. The van der Waals surface area contributed by atoms with Crippen LogP contribution in [0.4, 0.5) is 5.95 Å². The van der Waals surface area contributed by atoms with Crippen molar-refractivity contribution in [3.05, 3.63) is 58.8 Å². The van der Waals surface area contributed by atoms with Crippen molar-refractivity contribution in [2.45, 2.75) is 32.2 Å². The van der Waals surface area contributed by atoms with Gasteiger partial charge in [-0.3, -0.25) is 4.79 Å². The van der Waals surface area contributed by atoms with Crippen LogP contribution in [0.25, 0.3) is 21.8 Å². The summed E-state index contributed by atoms with van der Waals surface area (Å²) < 4.78 is 7.09. The predicted octanol–water partition coefficient (Wildman–Crippen LogP) is 3.51. The Kier molecular flexibility index (Phi) is 4.86. The van der Waals surface area contributed by atoms with Gasteiger partial charge in [0.05, 0.1) is 18.0 Å². The van der Waals surface area contributed by atoms with Crippen molar-refractivity contribution < 1.29 is 4.74 Å². The van der Waals surface area contributed by atoms with Crippen LogP contribution >= 0.6 is 0 Å². The van der Waals surface area contributed by atoms with E-state index in [2.05, 4.69) is 19.9 Å². The maximum Gasteiger partial charge on any atom is 0.261 e. The van der Waals surface area contributed by atoms with Gasteiger partial charge in [0.25, 0.3) is 5.56 Å². The average Bonchev–Trinajstić information content (AvgIpc) is 3.21. The first-order valence-electron chi connectivity index (χ1n) is 10.5. The summed E-state index contributed by atoms with van der Waals surface area (Å²) in [6.07, 6.45) is 9.87. The fraction of sp³-hybridized carbons (Fsp3) is 0.348. The van der Waals surface area contributed by atoms with Crippen LogP contribution in [0.5, 0.6) is 5.75 Å². The van der Waals surface area contributed by atoms with Crippen molar-refractivity contribution in [3.63, 3.8) is 0 Å². The van der Waals surface area contributed by atoms with E-state index >= 15 is 0 Å². The van der Waals surface area contributed by atoms with Crippen LogP contribution in [0, 0.1) is 0 Å². The Bertz CT molecular complexity index is 1250. The Hall–Kier alpha value is -3.35. The van der Waals surface area contributed by atoms with Crippen LogP contribution in [-0.2, 0) is 13.0 Å². The minimum atomic E-state index is -0.0462. The average molecular weight is 403 g/mol. The minimum Gasteiger partial charge on any atom is -0.497 e. The van der Waals surface area contributed by atoms with Gasteiger partial charge in [-0.25, -0.2) is 9.97 Å². The SMILES string of the molecule is COc1ccc2[nH]cc(CCn3ccc4nc(N5CCCCC5)ncc4c3=O)c2c1. The van der Waals surface area contributed by atoms with Crippen LogP contribution in [0.2, 0.25) is 0 Å². The molecule has 1 N–H and O–H groups in total. The number of pyridine rings is 1. The quantitative estimate of drug-likeness (QED) is 0.552. The number of ether oxygens (including phenoxy) is 1. The number of anilines is 1. The lowest BCUT2D eigenvalue weighted by Gasteiger charge is -2.26. The number of piperidine rings is 1. The molecule has 0 radical (unpaired) electrons. The molecule has 0 atom stereocenters. The summed E-state index contributed by atoms with van der Waals surface area (Å²) in [5.41, 5.74) is 2.89. The topological polar surface area (TPSA) is 76.0 Å².